The van der Waals surface area contributed by atoms with Crippen molar-refractivity contribution in [3.63, 3.8) is 0 Å². The molecule has 10 aromatic rings. The number of fused-ring (bicyclic) bond motifs is 5. The SMILES string of the molecule is Cc1ccnc(-n2c3cc(Oc4cccc(-n5[c](=[Pt])n(-c6c(-c7ccccc7)cccc6-c6ccccc6)c6ccccc65)c4)ccc3c3cc4c(cc32)OCCC4(C)C)c1. The molecule has 0 spiro atoms. The van der Waals surface area contributed by atoms with E-state index in [1.807, 2.05) is 18.3 Å². The summed E-state index contributed by atoms with van der Waals surface area (Å²) in [6.07, 6.45) is 2.86. The van der Waals surface area contributed by atoms with E-state index in [4.69, 9.17) is 14.5 Å². The average Bonchev–Trinajstić information content (AvgIpc) is 3.76. The van der Waals surface area contributed by atoms with Crippen LogP contribution in [-0.4, -0.2) is 25.3 Å². The van der Waals surface area contributed by atoms with Crippen LogP contribution in [0.3, 0.4) is 0 Å². The van der Waals surface area contributed by atoms with Crippen molar-refractivity contribution in [2.75, 3.05) is 6.61 Å². The van der Waals surface area contributed by atoms with Crippen LogP contribution >= 0.6 is 0 Å². The minimum atomic E-state index is 0.0173. The summed E-state index contributed by atoms with van der Waals surface area (Å²) in [5.74, 6) is 3.30. The zero-order chi connectivity index (χ0) is 41.2. The molecule has 0 N–H and O–H groups in total. The van der Waals surface area contributed by atoms with Crippen molar-refractivity contribution in [1.29, 1.82) is 0 Å². The number of hydrogen-bond acceptors (Lipinski definition) is 3. The third-order valence-electron chi connectivity index (χ3n) is 12.1. The minimum absolute atomic E-state index is 0.0173. The molecule has 11 rings (SSSR count). The van der Waals surface area contributed by atoms with E-state index in [9.17, 15) is 0 Å². The third-order valence-corrected chi connectivity index (χ3v) is 13.1. The number of ether oxygens (including phenoxy) is 2. The van der Waals surface area contributed by atoms with Crippen LogP contribution in [0, 0.1) is 10.7 Å². The number of aromatic nitrogens is 4. The van der Waals surface area contributed by atoms with Gasteiger partial charge in [0.05, 0.1) is 6.61 Å². The van der Waals surface area contributed by atoms with Crippen LogP contribution in [0.15, 0.2) is 176 Å². The molecule has 3 aromatic heterocycles. The fourth-order valence-corrected chi connectivity index (χ4v) is 10.1. The van der Waals surface area contributed by atoms with E-state index in [1.54, 1.807) is 0 Å². The summed E-state index contributed by atoms with van der Waals surface area (Å²) in [6, 6.07) is 60.1. The van der Waals surface area contributed by atoms with Crippen molar-refractivity contribution < 1.29 is 28.8 Å². The Balaban J connectivity index is 1.05. The Morgan fingerprint density at radius 3 is 1.97 bits per heavy atom. The number of hydrogen-bond donors (Lipinski definition) is 0. The number of nitrogens with zero attached hydrogens (tertiary/aromatic N) is 4. The Hall–Kier alpha value is -6.75. The molecule has 1 aliphatic heterocycles. The molecule has 7 heteroatoms. The van der Waals surface area contributed by atoms with Gasteiger partial charge in [0.25, 0.3) is 0 Å². The van der Waals surface area contributed by atoms with E-state index < -0.39 is 0 Å². The first kappa shape index (κ1) is 37.3. The molecule has 1 aliphatic rings. The molecule has 0 saturated heterocycles. The predicted molar refractivity (Wildman–Crippen MR) is 243 cm³/mol. The summed E-state index contributed by atoms with van der Waals surface area (Å²) in [7, 11) is 0. The summed E-state index contributed by atoms with van der Waals surface area (Å²) in [5.41, 5.74) is 13.5. The summed E-state index contributed by atoms with van der Waals surface area (Å²) >= 11 is 2.50. The zero-order valence-electron chi connectivity index (χ0n) is 34.1. The maximum atomic E-state index is 6.81. The quantitative estimate of drug-likeness (QED) is 0.160. The van der Waals surface area contributed by atoms with Gasteiger partial charge < -0.3 is 4.74 Å². The Morgan fingerprint density at radius 1 is 0.590 bits per heavy atom. The average molecular weight is 974 g/mol. The molecule has 0 bridgehead atoms. The fraction of sp³-hybridized carbons (Fsp3) is 0.111. The van der Waals surface area contributed by atoms with Gasteiger partial charge in [0, 0.05) is 11.8 Å². The third kappa shape index (κ3) is 6.36. The Morgan fingerprint density at radius 2 is 1.25 bits per heavy atom. The molecule has 4 heterocycles. The van der Waals surface area contributed by atoms with Gasteiger partial charge in [0.15, 0.2) is 0 Å². The van der Waals surface area contributed by atoms with Crippen molar-refractivity contribution in [2.45, 2.75) is 32.6 Å². The molecule has 6 nitrogen and oxygen atoms in total. The second kappa shape index (κ2) is 14.8. The molecule has 0 atom stereocenters. The first-order chi connectivity index (χ1) is 29.8. The Kier molecular flexibility index (Phi) is 9.01. The summed E-state index contributed by atoms with van der Waals surface area (Å²) in [5, 5.41) is 2.32. The number of aryl methyl sites for hydroxylation is 1. The number of para-hydroxylation sites is 3. The van der Waals surface area contributed by atoms with Gasteiger partial charge in [-0.25, -0.2) is 0 Å². The van der Waals surface area contributed by atoms with E-state index in [-0.39, 0.29) is 5.41 Å². The Bertz CT molecular complexity index is 3320. The van der Waals surface area contributed by atoms with Gasteiger partial charge in [-0.2, -0.15) is 0 Å². The summed E-state index contributed by atoms with van der Waals surface area (Å²) < 4.78 is 21.1. The molecular formula is C54H42N4O2Pt. The van der Waals surface area contributed by atoms with Gasteiger partial charge in [-0.15, -0.1) is 0 Å². The fourth-order valence-electron chi connectivity index (χ4n) is 9.05. The predicted octanol–water partition coefficient (Wildman–Crippen LogP) is 13.5. The topological polar surface area (TPSA) is 46.1 Å². The second-order valence-corrected chi connectivity index (χ2v) is 17.5. The van der Waals surface area contributed by atoms with Crippen molar-refractivity contribution >= 4 is 32.8 Å². The normalized spacial score (nSPS) is 13.4. The summed E-state index contributed by atoms with van der Waals surface area (Å²) in [6.45, 7) is 7.43. The van der Waals surface area contributed by atoms with Crippen molar-refractivity contribution in [1.82, 2.24) is 18.7 Å². The molecule has 0 saturated carbocycles. The zero-order valence-corrected chi connectivity index (χ0v) is 36.4. The van der Waals surface area contributed by atoms with E-state index in [0.717, 1.165) is 99.9 Å². The van der Waals surface area contributed by atoms with Crippen molar-refractivity contribution in [3.05, 3.63) is 191 Å². The van der Waals surface area contributed by atoms with Crippen LogP contribution in [0.1, 0.15) is 31.4 Å². The van der Waals surface area contributed by atoms with Gasteiger partial charge >= 0.3 is 294 Å². The van der Waals surface area contributed by atoms with Crippen LogP contribution in [-0.2, 0) is 24.8 Å². The molecule has 300 valence electrons. The van der Waals surface area contributed by atoms with Gasteiger partial charge in [-0.3, -0.25) is 0 Å². The van der Waals surface area contributed by atoms with Crippen LogP contribution in [0.2, 0.25) is 0 Å². The van der Waals surface area contributed by atoms with Crippen molar-refractivity contribution in [2.24, 2.45) is 0 Å². The summed E-state index contributed by atoms with van der Waals surface area (Å²) in [4.78, 5) is 4.86. The van der Waals surface area contributed by atoms with Gasteiger partial charge in [-0.05, 0) is 30.4 Å². The van der Waals surface area contributed by atoms with Crippen LogP contribution in [0.25, 0.3) is 72.3 Å². The van der Waals surface area contributed by atoms with Gasteiger partial charge in [0.1, 0.15) is 5.75 Å². The number of imidazole rings is 1. The molecule has 0 unspecified atom stereocenters. The smallest absolute Gasteiger partial charge is 0.493 e. The molecule has 0 fully saturated rings. The van der Waals surface area contributed by atoms with E-state index in [1.165, 1.54) is 10.9 Å². The molecule has 7 aromatic carbocycles. The van der Waals surface area contributed by atoms with Gasteiger partial charge in [-0.1, -0.05) is 13.8 Å². The van der Waals surface area contributed by atoms with E-state index in [2.05, 4.69) is 212 Å². The number of benzene rings is 7. The van der Waals surface area contributed by atoms with Gasteiger partial charge in [0.2, 0.25) is 0 Å². The first-order valence-corrected chi connectivity index (χ1v) is 21.8. The second-order valence-electron chi connectivity index (χ2n) is 16.5. The first-order valence-electron chi connectivity index (χ1n) is 20.7. The van der Waals surface area contributed by atoms with Crippen molar-refractivity contribution in [3.8, 4) is 56.7 Å². The standard InChI is InChI=1S/C54H42N4O2.Pt/c1-36-26-28-55-52(30-36)58-49-32-41(24-25-44(49)45-33-46-51(34-50(45)58)59-29-27-54(46,2)3)60-40-19-12-18-39(31-40)56-35-57(48-23-11-10-22-47(48)56)53-42(37-14-6-4-7-15-37)20-13-21-43(53)38-16-8-5-9-17-38;/h4-26,28,30-34H,27,29H2,1-3H3;. The molecule has 0 amide bonds. The molecule has 0 radical (unpaired) electrons. The number of rotatable bonds is 7. The number of pyridine rings is 1. The maximum absolute atomic E-state index is 6.81. The molecule has 0 aliphatic carbocycles. The monoisotopic (exact) mass is 973 g/mol. The molecule has 61 heavy (non-hydrogen) atoms. The van der Waals surface area contributed by atoms with Crippen LogP contribution < -0.4 is 9.47 Å². The van der Waals surface area contributed by atoms with Crippen LogP contribution in [0.4, 0.5) is 0 Å². The molecular weight excluding hydrogens is 932 g/mol. The van der Waals surface area contributed by atoms with E-state index >= 15 is 0 Å². The minimum Gasteiger partial charge on any atom is -0.493 e. The Labute approximate surface area is 365 Å². The van der Waals surface area contributed by atoms with Crippen LogP contribution in [0.5, 0.6) is 17.2 Å². The van der Waals surface area contributed by atoms with E-state index in [0.29, 0.717) is 6.61 Å².